The molecule has 0 saturated heterocycles. The van der Waals surface area contributed by atoms with Crippen LogP contribution in [0.1, 0.15) is 32.6 Å². The van der Waals surface area contributed by atoms with Gasteiger partial charge in [-0.25, -0.2) is 0 Å². The molecule has 0 unspecified atom stereocenters. The van der Waals surface area contributed by atoms with Gasteiger partial charge in [0, 0.05) is 5.56 Å². The minimum absolute atomic E-state index is 0.376. The Morgan fingerprint density at radius 3 is 1.67 bits per heavy atom. The average molecular weight is 207 g/mol. The monoisotopic (exact) mass is 207 g/mol. The Morgan fingerprint density at radius 2 is 1.40 bits per heavy atom. The molecule has 0 aliphatic carbocycles. The number of carbonyl (C=O) groups is 1. The normalized spacial score (nSPS) is 10.2. The van der Waals surface area contributed by atoms with Gasteiger partial charge in [-0.2, -0.15) is 0 Å². The van der Waals surface area contributed by atoms with Crippen molar-refractivity contribution in [2.75, 3.05) is 7.11 Å². The van der Waals surface area contributed by atoms with Crippen molar-refractivity contribution in [3.63, 3.8) is 0 Å². The smallest absolute Gasteiger partial charge is 0.249 e. The number of methoxy groups -OCH3 is 1. The molecule has 0 saturated carbocycles. The minimum atomic E-state index is -0.376. The van der Waals surface area contributed by atoms with Crippen molar-refractivity contribution in [2.45, 2.75) is 27.7 Å². The molecule has 0 aromatic heterocycles. The lowest BCUT2D eigenvalue weighted by Crippen LogP contribution is -2.16. The summed E-state index contributed by atoms with van der Waals surface area (Å²) in [4.78, 5) is 11.3. The fourth-order valence-electron chi connectivity index (χ4n) is 1.95. The average Bonchev–Trinajstić information content (AvgIpc) is 2.16. The highest BCUT2D eigenvalue weighted by Crippen LogP contribution is 2.31. The molecule has 0 heterocycles. The summed E-state index contributed by atoms with van der Waals surface area (Å²) in [6.07, 6.45) is 0. The van der Waals surface area contributed by atoms with Gasteiger partial charge in [0.1, 0.15) is 5.75 Å². The summed E-state index contributed by atoms with van der Waals surface area (Å²) in [6.45, 7) is 7.66. The number of nitrogens with two attached hydrogens (primary N) is 1. The lowest BCUT2D eigenvalue weighted by Gasteiger charge is -2.17. The first-order chi connectivity index (χ1) is 6.91. The molecular formula is C12H17NO2. The van der Waals surface area contributed by atoms with Gasteiger partial charge < -0.3 is 10.5 Å². The van der Waals surface area contributed by atoms with E-state index in [2.05, 4.69) is 0 Å². The summed E-state index contributed by atoms with van der Waals surface area (Å²) in [6, 6.07) is 0. The maximum absolute atomic E-state index is 11.3. The molecule has 1 rings (SSSR count). The third-order valence-electron chi connectivity index (χ3n) is 3.01. The molecule has 82 valence electrons. The molecular weight excluding hydrogens is 190 g/mol. The Hall–Kier alpha value is -1.51. The Bertz CT molecular complexity index is 393. The van der Waals surface area contributed by atoms with Crippen LogP contribution in [-0.4, -0.2) is 13.0 Å². The highest BCUT2D eigenvalue weighted by Gasteiger charge is 2.17. The first kappa shape index (κ1) is 11.6. The van der Waals surface area contributed by atoms with Crippen molar-refractivity contribution in [1.29, 1.82) is 0 Å². The number of primary amides is 1. The lowest BCUT2D eigenvalue weighted by molar-refractivity contribution is 0.0999. The van der Waals surface area contributed by atoms with E-state index in [0.717, 1.165) is 28.0 Å². The van der Waals surface area contributed by atoms with E-state index in [0.29, 0.717) is 5.56 Å². The summed E-state index contributed by atoms with van der Waals surface area (Å²) < 4.78 is 5.32. The lowest BCUT2D eigenvalue weighted by atomic mass is 9.92. The molecule has 0 aliphatic rings. The van der Waals surface area contributed by atoms with E-state index >= 15 is 0 Å². The third kappa shape index (κ3) is 1.69. The second-order valence-corrected chi connectivity index (χ2v) is 3.77. The summed E-state index contributed by atoms with van der Waals surface area (Å²) >= 11 is 0. The Labute approximate surface area is 90.2 Å². The SMILES string of the molecule is COc1c(C)c(C)c(C(N)=O)c(C)c1C. The van der Waals surface area contributed by atoms with Crippen LogP contribution in [0.2, 0.25) is 0 Å². The van der Waals surface area contributed by atoms with Gasteiger partial charge in [-0.1, -0.05) is 0 Å². The molecule has 1 aromatic rings. The van der Waals surface area contributed by atoms with Crippen molar-refractivity contribution < 1.29 is 9.53 Å². The number of benzene rings is 1. The van der Waals surface area contributed by atoms with E-state index in [4.69, 9.17) is 10.5 Å². The second kappa shape index (κ2) is 3.93. The fraction of sp³-hybridized carbons (Fsp3) is 0.417. The number of rotatable bonds is 2. The Morgan fingerprint density at radius 1 is 1.00 bits per heavy atom. The summed E-state index contributed by atoms with van der Waals surface area (Å²) in [5, 5.41) is 0. The molecule has 2 N–H and O–H groups in total. The van der Waals surface area contributed by atoms with Gasteiger partial charge in [0.2, 0.25) is 5.91 Å². The van der Waals surface area contributed by atoms with Crippen LogP contribution in [0.5, 0.6) is 5.75 Å². The largest absolute Gasteiger partial charge is 0.496 e. The van der Waals surface area contributed by atoms with Crippen molar-refractivity contribution in [3.05, 3.63) is 27.8 Å². The van der Waals surface area contributed by atoms with Crippen LogP contribution in [0.4, 0.5) is 0 Å². The summed E-state index contributed by atoms with van der Waals surface area (Å²) in [7, 11) is 1.64. The van der Waals surface area contributed by atoms with Crippen LogP contribution >= 0.6 is 0 Å². The Balaban J connectivity index is 3.66. The van der Waals surface area contributed by atoms with Gasteiger partial charge >= 0.3 is 0 Å². The Kier molecular flexibility index (Phi) is 3.03. The number of hydrogen-bond donors (Lipinski definition) is 1. The van der Waals surface area contributed by atoms with Gasteiger partial charge in [0.15, 0.2) is 0 Å². The van der Waals surface area contributed by atoms with Crippen molar-refractivity contribution in [2.24, 2.45) is 5.73 Å². The van der Waals surface area contributed by atoms with Gasteiger partial charge in [0.05, 0.1) is 7.11 Å². The first-order valence-corrected chi connectivity index (χ1v) is 4.86. The first-order valence-electron chi connectivity index (χ1n) is 4.86. The molecule has 0 aliphatic heterocycles. The van der Waals surface area contributed by atoms with Crippen LogP contribution < -0.4 is 10.5 Å². The zero-order chi connectivity index (χ0) is 11.7. The van der Waals surface area contributed by atoms with E-state index in [1.165, 1.54) is 0 Å². The van der Waals surface area contributed by atoms with Crippen LogP contribution in [0.15, 0.2) is 0 Å². The van der Waals surface area contributed by atoms with E-state index in [1.807, 2.05) is 27.7 Å². The quantitative estimate of drug-likeness (QED) is 0.806. The van der Waals surface area contributed by atoms with Gasteiger partial charge in [0.25, 0.3) is 0 Å². The second-order valence-electron chi connectivity index (χ2n) is 3.77. The molecule has 0 bridgehead atoms. The van der Waals surface area contributed by atoms with Crippen molar-refractivity contribution in [3.8, 4) is 5.75 Å². The zero-order valence-corrected chi connectivity index (χ0v) is 9.89. The van der Waals surface area contributed by atoms with E-state index < -0.39 is 0 Å². The van der Waals surface area contributed by atoms with Crippen LogP contribution in [-0.2, 0) is 0 Å². The zero-order valence-electron chi connectivity index (χ0n) is 9.89. The van der Waals surface area contributed by atoms with Crippen LogP contribution in [0.25, 0.3) is 0 Å². The van der Waals surface area contributed by atoms with E-state index in [9.17, 15) is 4.79 Å². The van der Waals surface area contributed by atoms with E-state index in [-0.39, 0.29) is 5.91 Å². The highest BCUT2D eigenvalue weighted by molar-refractivity contribution is 5.97. The number of ether oxygens (including phenoxy) is 1. The molecule has 15 heavy (non-hydrogen) atoms. The number of amides is 1. The van der Waals surface area contributed by atoms with E-state index in [1.54, 1.807) is 7.11 Å². The molecule has 0 fully saturated rings. The molecule has 1 amide bonds. The third-order valence-corrected chi connectivity index (χ3v) is 3.01. The standard InChI is InChI=1S/C12H17NO2/c1-6-8(3)11(15-5)9(4)7(2)10(6)12(13)14/h1-5H3,(H2,13,14). The molecule has 3 heteroatoms. The fourth-order valence-corrected chi connectivity index (χ4v) is 1.95. The summed E-state index contributed by atoms with van der Waals surface area (Å²) in [5.41, 5.74) is 9.75. The molecule has 3 nitrogen and oxygen atoms in total. The molecule has 1 aromatic carbocycles. The molecule has 0 atom stereocenters. The highest BCUT2D eigenvalue weighted by atomic mass is 16.5. The predicted molar refractivity (Wildman–Crippen MR) is 60.5 cm³/mol. The topological polar surface area (TPSA) is 52.3 Å². The summed E-state index contributed by atoms with van der Waals surface area (Å²) in [5.74, 6) is 0.467. The van der Waals surface area contributed by atoms with Crippen LogP contribution in [0.3, 0.4) is 0 Å². The van der Waals surface area contributed by atoms with Crippen LogP contribution in [0, 0.1) is 27.7 Å². The maximum atomic E-state index is 11.3. The number of hydrogen-bond acceptors (Lipinski definition) is 2. The van der Waals surface area contributed by atoms with Crippen molar-refractivity contribution in [1.82, 2.24) is 0 Å². The predicted octanol–water partition coefficient (Wildman–Crippen LogP) is 2.03. The molecule has 0 radical (unpaired) electrons. The van der Waals surface area contributed by atoms with Gasteiger partial charge in [-0.3, -0.25) is 4.79 Å². The minimum Gasteiger partial charge on any atom is -0.496 e. The molecule has 0 spiro atoms. The van der Waals surface area contributed by atoms with Gasteiger partial charge in [-0.15, -0.1) is 0 Å². The van der Waals surface area contributed by atoms with Gasteiger partial charge in [-0.05, 0) is 49.9 Å². The van der Waals surface area contributed by atoms with Crippen molar-refractivity contribution >= 4 is 5.91 Å². The maximum Gasteiger partial charge on any atom is 0.249 e. The number of carbonyl (C=O) groups excluding carboxylic acids is 1.